The van der Waals surface area contributed by atoms with Gasteiger partial charge in [0.05, 0.1) is 5.92 Å². The summed E-state index contributed by atoms with van der Waals surface area (Å²) in [7, 11) is 0. The molecule has 1 saturated heterocycles. The predicted molar refractivity (Wildman–Crippen MR) is 100 cm³/mol. The van der Waals surface area contributed by atoms with Crippen LogP contribution in [0.3, 0.4) is 0 Å². The molecular formula is C20H18ClN3O2. The topological polar surface area (TPSA) is 59.2 Å². The van der Waals surface area contributed by atoms with E-state index in [0.29, 0.717) is 29.7 Å². The molecule has 0 aliphatic carbocycles. The van der Waals surface area contributed by atoms with E-state index in [4.69, 9.17) is 16.1 Å². The maximum atomic E-state index is 12.5. The molecule has 0 N–H and O–H groups in total. The van der Waals surface area contributed by atoms with Crippen molar-refractivity contribution in [1.82, 2.24) is 10.1 Å². The Balaban J connectivity index is 1.53. The molecule has 132 valence electrons. The fraction of sp³-hybridized carbons (Fsp3) is 0.250. The van der Waals surface area contributed by atoms with Gasteiger partial charge in [-0.05, 0) is 36.2 Å². The van der Waals surface area contributed by atoms with Crippen LogP contribution in [-0.2, 0) is 11.2 Å². The van der Waals surface area contributed by atoms with Crippen molar-refractivity contribution in [3.05, 3.63) is 65.0 Å². The zero-order chi connectivity index (χ0) is 18.1. The van der Waals surface area contributed by atoms with Gasteiger partial charge in [0.2, 0.25) is 17.6 Å². The van der Waals surface area contributed by atoms with Gasteiger partial charge in [0.1, 0.15) is 0 Å². The van der Waals surface area contributed by atoms with Gasteiger partial charge in [-0.1, -0.05) is 47.9 Å². The number of carbonyl (C=O) groups is 1. The Kier molecular flexibility index (Phi) is 4.47. The summed E-state index contributed by atoms with van der Waals surface area (Å²) in [4.78, 5) is 18.7. The molecule has 1 aromatic heterocycles. The molecule has 1 fully saturated rings. The van der Waals surface area contributed by atoms with E-state index < -0.39 is 0 Å². The summed E-state index contributed by atoms with van der Waals surface area (Å²) in [6.07, 6.45) is 1.35. The summed E-state index contributed by atoms with van der Waals surface area (Å²) < 4.78 is 5.43. The van der Waals surface area contributed by atoms with E-state index in [1.54, 1.807) is 17.0 Å². The minimum absolute atomic E-state index is 0.0711. The maximum absolute atomic E-state index is 12.5. The quantitative estimate of drug-likeness (QED) is 0.682. The third kappa shape index (κ3) is 3.22. The van der Waals surface area contributed by atoms with Crippen LogP contribution in [0.1, 0.15) is 30.7 Å². The van der Waals surface area contributed by atoms with Crippen LogP contribution < -0.4 is 4.90 Å². The SMILES string of the molecule is CCc1ccc(N2C[C@H](c3nc(-c4cccc(Cl)c4)no3)CC2=O)cc1. The Bertz CT molecular complexity index is 936. The molecule has 2 aromatic carbocycles. The lowest BCUT2D eigenvalue weighted by atomic mass is 10.1. The van der Waals surface area contributed by atoms with E-state index in [1.165, 1.54) is 5.56 Å². The fourth-order valence-electron chi connectivity index (χ4n) is 3.18. The van der Waals surface area contributed by atoms with Crippen LogP contribution in [-0.4, -0.2) is 22.6 Å². The second kappa shape index (κ2) is 6.92. The largest absolute Gasteiger partial charge is 0.339 e. The molecule has 1 atom stereocenters. The minimum Gasteiger partial charge on any atom is -0.339 e. The summed E-state index contributed by atoms with van der Waals surface area (Å²) in [6.45, 7) is 2.65. The van der Waals surface area contributed by atoms with Crippen molar-refractivity contribution in [2.75, 3.05) is 11.4 Å². The highest BCUT2D eigenvalue weighted by Crippen LogP contribution is 2.32. The summed E-state index contributed by atoms with van der Waals surface area (Å²) in [5.41, 5.74) is 2.95. The van der Waals surface area contributed by atoms with Crippen LogP contribution in [0, 0.1) is 0 Å². The Morgan fingerprint density at radius 1 is 1.23 bits per heavy atom. The van der Waals surface area contributed by atoms with Crippen molar-refractivity contribution in [2.45, 2.75) is 25.7 Å². The normalized spacial score (nSPS) is 17.1. The molecular weight excluding hydrogens is 350 g/mol. The Morgan fingerprint density at radius 3 is 2.77 bits per heavy atom. The lowest BCUT2D eigenvalue weighted by Crippen LogP contribution is -2.24. The van der Waals surface area contributed by atoms with Gasteiger partial charge in [0.25, 0.3) is 0 Å². The van der Waals surface area contributed by atoms with Gasteiger partial charge in [0.15, 0.2) is 0 Å². The zero-order valence-electron chi connectivity index (χ0n) is 14.4. The Labute approximate surface area is 156 Å². The van der Waals surface area contributed by atoms with Crippen LogP contribution in [0.15, 0.2) is 53.1 Å². The van der Waals surface area contributed by atoms with Gasteiger partial charge in [-0.2, -0.15) is 4.98 Å². The molecule has 1 aliphatic rings. The Morgan fingerprint density at radius 2 is 2.04 bits per heavy atom. The van der Waals surface area contributed by atoms with Gasteiger partial charge in [-0.3, -0.25) is 4.79 Å². The smallest absolute Gasteiger partial charge is 0.232 e. The van der Waals surface area contributed by atoms with Crippen LogP contribution in [0.4, 0.5) is 5.69 Å². The molecule has 6 heteroatoms. The first-order valence-electron chi connectivity index (χ1n) is 8.63. The van der Waals surface area contributed by atoms with Gasteiger partial charge in [-0.25, -0.2) is 0 Å². The molecule has 0 radical (unpaired) electrons. The molecule has 2 heterocycles. The number of nitrogens with zero attached hydrogens (tertiary/aromatic N) is 3. The minimum atomic E-state index is -0.103. The summed E-state index contributed by atoms with van der Waals surface area (Å²) in [6, 6.07) is 15.4. The number of aromatic nitrogens is 2. The highest BCUT2D eigenvalue weighted by Gasteiger charge is 2.35. The third-order valence-corrected chi connectivity index (χ3v) is 4.89. The lowest BCUT2D eigenvalue weighted by Gasteiger charge is -2.16. The number of aryl methyl sites for hydroxylation is 1. The number of halogens is 1. The standard InChI is InChI=1S/C20H18ClN3O2/c1-2-13-6-8-17(9-7-13)24-12-15(11-18(24)25)20-22-19(23-26-20)14-4-3-5-16(21)10-14/h3-10,15H,2,11-12H2,1H3/t15-/m1/s1. The average molecular weight is 368 g/mol. The van der Waals surface area contributed by atoms with E-state index in [-0.39, 0.29) is 11.8 Å². The molecule has 0 saturated carbocycles. The lowest BCUT2D eigenvalue weighted by molar-refractivity contribution is -0.117. The Hall–Kier alpha value is -2.66. The van der Waals surface area contributed by atoms with Crippen LogP contribution in [0.2, 0.25) is 5.02 Å². The van der Waals surface area contributed by atoms with E-state index in [2.05, 4.69) is 29.2 Å². The first-order chi connectivity index (χ1) is 12.6. The average Bonchev–Trinajstić information content (AvgIpc) is 3.29. The van der Waals surface area contributed by atoms with Gasteiger partial charge >= 0.3 is 0 Å². The van der Waals surface area contributed by atoms with Crippen molar-refractivity contribution < 1.29 is 9.32 Å². The van der Waals surface area contributed by atoms with Gasteiger partial charge in [0, 0.05) is 29.2 Å². The first-order valence-corrected chi connectivity index (χ1v) is 9.00. The predicted octanol–water partition coefficient (Wildman–Crippen LogP) is 4.47. The van der Waals surface area contributed by atoms with Gasteiger partial charge < -0.3 is 9.42 Å². The van der Waals surface area contributed by atoms with E-state index >= 15 is 0 Å². The molecule has 4 rings (SSSR count). The van der Waals surface area contributed by atoms with Crippen LogP contribution >= 0.6 is 11.6 Å². The highest BCUT2D eigenvalue weighted by molar-refractivity contribution is 6.30. The number of anilines is 1. The third-order valence-electron chi connectivity index (χ3n) is 4.66. The monoisotopic (exact) mass is 367 g/mol. The molecule has 0 bridgehead atoms. The van der Waals surface area contributed by atoms with E-state index in [0.717, 1.165) is 17.7 Å². The number of rotatable bonds is 4. The highest BCUT2D eigenvalue weighted by atomic mass is 35.5. The molecule has 0 unspecified atom stereocenters. The van der Waals surface area contributed by atoms with Crippen molar-refractivity contribution in [1.29, 1.82) is 0 Å². The second-order valence-electron chi connectivity index (χ2n) is 6.39. The van der Waals surface area contributed by atoms with E-state index in [9.17, 15) is 4.79 Å². The van der Waals surface area contributed by atoms with Crippen molar-refractivity contribution >= 4 is 23.2 Å². The molecule has 3 aromatic rings. The molecule has 1 aliphatic heterocycles. The van der Waals surface area contributed by atoms with E-state index in [1.807, 2.05) is 24.3 Å². The molecule has 5 nitrogen and oxygen atoms in total. The second-order valence-corrected chi connectivity index (χ2v) is 6.83. The summed E-state index contributed by atoms with van der Waals surface area (Å²) in [5.74, 6) is 0.942. The zero-order valence-corrected chi connectivity index (χ0v) is 15.1. The van der Waals surface area contributed by atoms with Crippen molar-refractivity contribution in [3.8, 4) is 11.4 Å². The number of hydrogen-bond donors (Lipinski definition) is 0. The number of benzene rings is 2. The number of carbonyl (C=O) groups excluding carboxylic acids is 1. The van der Waals surface area contributed by atoms with Crippen LogP contribution in [0.5, 0.6) is 0 Å². The molecule has 26 heavy (non-hydrogen) atoms. The molecule has 1 amide bonds. The maximum Gasteiger partial charge on any atom is 0.232 e. The summed E-state index contributed by atoms with van der Waals surface area (Å²) >= 11 is 6.02. The van der Waals surface area contributed by atoms with Gasteiger partial charge in [-0.15, -0.1) is 0 Å². The number of hydrogen-bond acceptors (Lipinski definition) is 4. The first kappa shape index (κ1) is 16.8. The summed E-state index contributed by atoms with van der Waals surface area (Å²) in [5, 5.41) is 4.66. The van der Waals surface area contributed by atoms with Crippen molar-refractivity contribution in [2.24, 2.45) is 0 Å². The van der Waals surface area contributed by atoms with Crippen molar-refractivity contribution in [3.63, 3.8) is 0 Å². The molecule has 0 spiro atoms. The fourth-order valence-corrected chi connectivity index (χ4v) is 3.37. The van der Waals surface area contributed by atoms with Crippen LogP contribution in [0.25, 0.3) is 11.4 Å². The number of amides is 1.